The highest BCUT2D eigenvalue weighted by Crippen LogP contribution is 2.29. The molecule has 2 rings (SSSR count). The van der Waals surface area contributed by atoms with Crippen molar-refractivity contribution in [3.63, 3.8) is 0 Å². The minimum Gasteiger partial charge on any atom is -0.493 e. The van der Waals surface area contributed by atoms with Crippen LogP contribution in [0.4, 0.5) is 0 Å². The molecule has 1 aliphatic heterocycles. The molecule has 0 aliphatic carbocycles. The SMILES string of the molecule is COc1ccc(CN2CC[C@@H](O)C2)cc1OCC(C)C. The Morgan fingerprint density at radius 3 is 2.75 bits per heavy atom. The van der Waals surface area contributed by atoms with Crippen LogP contribution in [0, 0.1) is 5.92 Å². The van der Waals surface area contributed by atoms with Gasteiger partial charge in [0.1, 0.15) is 0 Å². The van der Waals surface area contributed by atoms with E-state index >= 15 is 0 Å². The lowest BCUT2D eigenvalue weighted by Crippen LogP contribution is -2.21. The van der Waals surface area contributed by atoms with Gasteiger partial charge in [0, 0.05) is 19.6 Å². The zero-order chi connectivity index (χ0) is 14.5. The van der Waals surface area contributed by atoms with Gasteiger partial charge in [-0.25, -0.2) is 0 Å². The van der Waals surface area contributed by atoms with Crippen molar-refractivity contribution in [2.75, 3.05) is 26.8 Å². The van der Waals surface area contributed by atoms with E-state index in [-0.39, 0.29) is 6.10 Å². The Balaban J connectivity index is 2.04. The molecule has 1 saturated heterocycles. The topological polar surface area (TPSA) is 41.9 Å². The second-order valence-electron chi connectivity index (χ2n) is 5.87. The molecule has 0 aromatic heterocycles. The summed E-state index contributed by atoms with van der Waals surface area (Å²) in [6.45, 7) is 7.49. The third-order valence-electron chi connectivity index (χ3n) is 3.45. The van der Waals surface area contributed by atoms with Gasteiger partial charge in [-0.15, -0.1) is 0 Å². The molecule has 0 radical (unpaired) electrons. The monoisotopic (exact) mass is 279 g/mol. The van der Waals surface area contributed by atoms with E-state index in [0.29, 0.717) is 12.5 Å². The van der Waals surface area contributed by atoms with Gasteiger partial charge in [-0.1, -0.05) is 19.9 Å². The number of hydrogen-bond donors (Lipinski definition) is 1. The van der Waals surface area contributed by atoms with Crippen LogP contribution >= 0.6 is 0 Å². The van der Waals surface area contributed by atoms with Crippen LogP contribution in [-0.4, -0.2) is 42.9 Å². The summed E-state index contributed by atoms with van der Waals surface area (Å²) in [5, 5.41) is 9.57. The minimum absolute atomic E-state index is 0.176. The summed E-state index contributed by atoms with van der Waals surface area (Å²) < 4.78 is 11.2. The third-order valence-corrected chi connectivity index (χ3v) is 3.45. The number of β-amino-alcohol motifs (C(OH)–C–C–N with tert-alkyl or cyclic N) is 1. The predicted molar refractivity (Wildman–Crippen MR) is 79.2 cm³/mol. The summed E-state index contributed by atoms with van der Waals surface area (Å²) in [5.74, 6) is 2.06. The fourth-order valence-corrected chi connectivity index (χ4v) is 2.40. The van der Waals surface area contributed by atoms with Crippen molar-refractivity contribution in [1.29, 1.82) is 0 Å². The maximum atomic E-state index is 9.57. The van der Waals surface area contributed by atoms with Crippen molar-refractivity contribution >= 4 is 0 Å². The average Bonchev–Trinajstić information content (AvgIpc) is 2.82. The molecule has 1 heterocycles. The van der Waals surface area contributed by atoms with Crippen LogP contribution in [0.2, 0.25) is 0 Å². The van der Waals surface area contributed by atoms with Crippen molar-refractivity contribution in [3.8, 4) is 11.5 Å². The normalized spacial score (nSPS) is 19.6. The molecule has 1 aromatic rings. The average molecular weight is 279 g/mol. The maximum absolute atomic E-state index is 9.57. The van der Waals surface area contributed by atoms with E-state index in [4.69, 9.17) is 9.47 Å². The number of aliphatic hydroxyl groups excluding tert-OH is 1. The number of likely N-dealkylation sites (tertiary alicyclic amines) is 1. The van der Waals surface area contributed by atoms with Gasteiger partial charge in [-0.3, -0.25) is 4.90 Å². The number of nitrogens with zero attached hydrogens (tertiary/aromatic N) is 1. The molecule has 0 spiro atoms. The summed E-state index contributed by atoms with van der Waals surface area (Å²) in [4.78, 5) is 2.26. The molecule has 4 heteroatoms. The lowest BCUT2D eigenvalue weighted by atomic mass is 10.2. The first-order valence-corrected chi connectivity index (χ1v) is 7.28. The molecule has 0 bridgehead atoms. The smallest absolute Gasteiger partial charge is 0.161 e. The Morgan fingerprint density at radius 2 is 2.15 bits per heavy atom. The van der Waals surface area contributed by atoms with Crippen molar-refractivity contribution in [3.05, 3.63) is 23.8 Å². The van der Waals surface area contributed by atoms with Crippen molar-refractivity contribution in [2.24, 2.45) is 5.92 Å². The van der Waals surface area contributed by atoms with Crippen LogP contribution in [0.3, 0.4) is 0 Å². The Kier molecular flexibility index (Phi) is 5.26. The standard InChI is InChI=1S/C16H25NO3/c1-12(2)11-20-16-8-13(4-5-15(16)19-3)9-17-7-6-14(18)10-17/h4-5,8,12,14,18H,6-7,9-11H2,1-3H3/t14-/m1/s1. The first-order valence-electron chi connectivity index (χ1n) is 7.28. The molecule has 112 valence electrons. The second-order valence-corrected chi connectivity index (χ2v) is 5.87. The highest BCUT2D eigenvalue weighted by Gasteiger charge is 2.20. The van der Waals surface area contributed by atoms with Gasteiger partial charge in [-0.05, 0) is 30.0 Å². The molecule has 1 aliphatic rings. The lowest BCUT2D eigenvalue weighted by molar-refractivity contribution is 0.174. The van der Waals surface area contributed by atoms with Crippen molar-refractivity contribution in [2.45, 2.75) is 32.9 Å². The summed E-state index contributed by atoms with van der Waals surface area (Å²) >= 11 is 0. The summed E-state index contributed by atoms with van der Waals surface area (Å²) in [6.07, 6.45) is 0.692. The van der Waals surface area contributed by atoms with E-state index in [1.807, 2.05) is 12.1 Å². The van der Waals surface area contributed by atoms with Gasteiger partial charge in [-0.2, -0.15) is 0 Å². The maximum Gasteiger partial charge on any atom is 0.161 e. The largest absolute Gasteiger partial charge is 0.493 e. The molecular weight excluding hydrogens is 254 g/mol. The molecular formula is C16H25NO3. The molecule has 0 unspecified atom stereocenters. The number of ether oxygens (including phenoxy) is 2. The highest BCUT2D eigenvalue weighted by atomic mass is 16.5. The molecule has 1 aromatic carbocycles. The Labute approximate surface area is 121 Å². The first kappa shape index (κ1) is 15.1. The zero-order valence-corrected chi connectivity index (χ0v) is 12.6. The van der Waals surface area contributed by atoms with Crippen LogP contribution in [0.5, 0.6) is 11.5 Å². The number of rotatable bonds is 6. The van der Waals surface area contributed by atoms with Gasteiger partial charge in [0.05, 0.1) is 19.8 Å². The van der Waals surface area contributed by atoms with Gasteiger partial charge < -0.3 is 14.6 Å². The van der Waals surface area contributed by atoms with Gasteiger partial charge >= 0.3 is 0 Å². The van der Waals surface area contributed by atoms with Gasteiger partial charge in [0.2, 0.25) is 0 Å². The molecule has 1 fully saturated rings. The van der Waals surface area contributed by atoms with Gasteiger partial charge in [0.15, 0.2) is 11.5 Å². The fourth-order valence-electron chi connectivity index (χ4n) is 2.40. The van der Waals surface area contributed by atoms with E-state index in [1.54, 1.807) is 7.11 Å². The molecule has 4 nitrogen and oxygen atoms in total. The summed E-state index contributed by atoms with van der Waals surface area (Å²) in [6, 6.07) is 6.06. The first-order chi connectivity index (χ1) is 9.58. The van der Waals surface area contributed by atoms with Crippen LogP contribution in [0.15, 0.2) is 18.2 Å². The second kappa shape index (κ2) is 6.95. The van der Waals surface area contributed by atoms with Gasteiger partial charge in [0.25, 0.3) is 0 Å². The Morgan fingerprint density at radius 1 is 1.35 bits per heavy atom. The molecule has 1 N–H and O–H groups in total. The van der Waals surface area contributed by atoms with E-state index in [2.05, 4.69) is 24.8 Å². The Bertz CT molecular complexity index is 434. The molecule has 1 atom stereocenters. The predicted octanol–water partition coefficient (Wildman–Crippen LogP) is 2.30. The summed E-state index contributed by atoms with van der Waals surface area (Å²) in [5.41, 5.74) is 1.19. The van der Waals surface area contributed by atoms with Crippen LogP contribution in [0.25, 0.3) is 0 Å². The number of methoxy groups -OCH3 is 1. The number of benzene rings is 1. The third kappa shape index (κ3) is 4.12. The van der Waals surface area contributed by atoms with E-state index in [9.17, 15) is 5.11 Å². The molecule has 20 heavy (non-hydrogen) atoms. The van der Waals surface area contributed by atoms with Crippen LogP contribution in [0.1, 0.15) is 25.8 Å². The minimum atomic E-state index is -0.176. The van der Waals surface area contributed by atoms with E-state index in [0.717, 1.165) is 37.6 Å². The molecule has 0 saturated carbocycles. The van der Waals surface area contributed by atoms with E-state index < -0.39 is 0 Å². The van der Waals surface area contributed by atoms with Crippen molar-refractivity contribution < 1.29 is 14.6 Å². The lowest BCUT2D eigenvalue weighted by Gasteiger charge is -2.17. The number of hydrogen-bond acceptors (Lipinski definition) is 4. The summed E-state index contributed by atoms with van der Waals surface area (Å²) in [7, 11) is 1.66. The highest BCUT2D eigenvalue weighted by molar-refractivity contribution is 5.43. The number of aliphatic hydroxyl groups is 1. The Hall–Kier alpha value is -1.26. The quantitative estimate of drug-likeness (QED) is 0.867. The van der Waals surface area contributed by atoms with E-state index in [1.165, 1.54) is 5.56 Å². The zero-order valence-electron chi connectivity index (χ0n) is 12.6. The van der Waals surface area contributed by atoms with Crippen LogP contribution < -0.4 is 9.47 Å². The fraction of sp³-hybridized carbons (Fsp3) is 0.625. The molecule has 0 amide bonds. The van der Waals surface area contributed by atoms with Crippen molar-refractivity contribution in [1.82, 2.24) is 4.90 Å². The van der Waals surface area contributed by atoms with Crippen LogP contribution in [-0.2, 0) is 6.54 Å².